The molecule has 2 N–H and O–H groups in total. The lowest BCUT2D eigenvalue weighted by molar-refractivity contribution is 0.618. The van der Waals surface area contributed by atoms with Gasteiger partial charge < -0.3 is 5.73 Å². The van der Waals surface area contributed by atoms with Crippen molar-refractivity contribution in [3.05, 3.63) is 64.4 Å². The Morgan fingerprint density at radius 1 is 1.17 bits per heavy atom. The van der Waals surface area contributed by atoms with Crippen molar-refractivity contribution >= 4 is 23.4 Å². The van der Waals surface area contributed by atoms with Gasteiger partial charge in [0.1, 0.15) is 5.82 Å². The van der Waals surface area contributed by atoms with Gasteiger partial charge in [-0.2, -0.15) is 0 Å². The van der Waals surface area contributed by atoms with Gasteiger partial charge in [0, 0.05) is 17.2 Å². The van der Waals surface area contributed by atoms with E-state index in [9.17, 15) is 4.39 Å². The second kappa shape index (κ2) is 6.23. The van der Waals surface area contributed by atoms with E-state index in [1.54, 1.807) is 30.0 Å². The second-order valence-electron chi connectivity index (χ2n) is 3.85. The zero-order valence-electron chi connectivity index (χ0n) is 9.70. The highest BCUT2D eigenvalue weighted by atomic mass is 35.5. The highest BCUT2D eigenvalue weighted by Gasteiger charge is 2.06. The first kappa shape index (κ1) is 13.4. The molecule has 0 amide bonds. The van der Waals surface area contributed by atoms with Crippen LogP contribution in [0.2, 0.25) is 5.02 Å². The van der Waals surface area contributed by atoms with Crippen molar-refractivity contribution in [1.82, 2.24) is 0 Å². The molecule has 2 aromatic carbocycles. The van der Waals surface area contributed by atoms with Gasteiger partial charge in [0.25, 0.3) is 0 Å². The summed E-state index contributed by atoms with van der Waals surface area (Å²) in [6, 6.07) is 13.0. The molecule has 0 spiro atoms. The van der Waals surface area contributed by atoms with Crippen LogP contribution in [0.4, 0.5) is 4.39 Å². The van der Waals surface area contributed by atoms with E-state index in [2.05, 4.69) is 0 Å². The van der Waals surface area contributed by atoms with Crippen molar-refractivity contribution < 1.29 is 4.39 Å². The van der Waals surface area contributed by atoms with E-state index >= 15 is 0 Å². The number of rotatable bonds is 4. The summed E-state index contributed by atoms with van der Waals surface area (Å²) in [4.78, 5) is 1.08. The average Bonchev–Trinajstić information content (AvgIpc) is 2.41. The highest BCUT2D eigenvalue weighted by molar-refractivity contribution is 7.98. The molecule has 18 heavy (non-hydrogen) atoms. The maximum absolute atomic E-state index is 13.7. The molecule has 0 fully saturated rings. The Hall–Kier alpha value is -1.03. The van der Waals surface area contributed by atoms with Gasteiger partial charge in [0.15, 0.2) is 0 Å². The van der Waals surface area contributed by atoms with Crippen LogP contribution in [0.5, 0.6) is 0 Å². The highest BCUT2D eigenvalue weighted by Crippen LogP contribution is 2.27. The van der Waals surface area contributed by atoms with Crippen LogP contribution in [-0.4, -0.2) is 0 Å². The molecule has 4 heteroatoms. The topological polar surface area (TPSA) is 26.0 Å². The third-order valence-corrected chi connectivity index (χ3v) is 3.89. The van der Waals surface area contributed by atoms with Crippen LogP contribution in [0.3, 0.4) is 0 Å². The minimum atomic E-state index is -0.332. The smallest absolute Gasteiger partial charge is 0.145 e. The van der Waals surface area contributed by atoms with Crippen molar-refractivity contribution in [3.8, 4) is 0 Å². The van der Waals surface area contributed by atoms with Crippen molar-refractivity contribution in [1.29, 1.82) is 0 Å². The van der Waals surface area contributed by atoms with Crippen LogP contribution in [0.25, 0.3) is 0 Å². The SMILES string of the molecule is NCc1cccc(SCc2cccc(Cl)c2F)c1. The zero-order chi connectivity index (χ0) is 13.0. The standard InChI is InChI=1S/C14H13ClFNS/c15-13-6-2-4-11(14(13)16)9-18-12-5-1-3-10(7-12)8-17/h1-7H,8-9,17H2. The molecule has 0 heterocycles. The Labute approximate surface area is 115 Å². The molecule has 0 saturated carbocycles. The first-order valence-corrected chi connectivity index (χ1v) is 6.92. The fraction of sp³-hybridized carbons (Fsp3) is 0.143. The lowest BCUT2D eigenvalue weighted by atomic mass is 10.2. The largest absolute Gasteiger partial charge is 0.326 e. The monoisotopic (exact) mass is 281 g/mol. The van der Waals surface area contributed by atoms with Gasteiger partial charge in [-0.05, 0) is 29.3 Å². The van der Waals surface area contributed by atoms with Crippen LogP contribution in [0, 0.1) is 5.82 Å². The normalized spacial score (nSPS) is 10.6. The number of thioether (sulfide) groups is 1. The first-order chi connectivity index (χ1) is 8.70. The van der Waals surface area contributed by atoms with Crippen LogP contribution >= 0.6 is 23.4 Å². The summed E-state index contributed by atoms with van der Waals surface area (Å²) < 4.78 is 13.7. The number of nitrogens with two attached hydrogens (primary N) is 1. The van der Waals surface area contributed by atoms with Gasteiger partial charge in [-0.15, -0.1) is 11.8 Å². The first-order valence-electron chi connectivity index (χ1n) is 5.55. The summed E-state index contributed by atoms with van der Waals surface area (Å²) in [5.74, 6) is 0.224. The van der Waals surface area contributed by atoms with Crippen molar-refractivity contribution in [2.24, 2.45) is 5.73 Å². The summed E-state index contributed by atoms with van der Waals surface area (Å²) in [5.41, 5.74) is 7.28. The van der Waals surface area contributed by atoms with Crippen molar-refractivity contribution in [3.63, 3.8) is 0 Å². The maximum Gasteiger partial charge on any atom is 0.145 e. The summed E-state index contributed by atoms with van der Waals surface area (Å²) >= 11 is 7.31. The van der Waals surface area contributed by atoms with Crippen LogP contribution in [0.1, 0.15) is 11.1 Å². The molecule has 2 aromatic rings. The van der Waals surface area contributed by atoms with E-state index in [0.29, 0.717) is 17.9 Å². The fourth-order valence-electron chi connectivity index (χ4n) is 1.58. The van der Waals surface area contributed by atoms with Crippen molar-refractivity contribution in [2.75, 3.05) is 0 Å². The van der Waals surface area contributed by atoms with Gasteiger partial charge in [0.05, 0.1) is 5.02 Å². The molecule has 0 atom stereocenters. The number of hydrogen-bond acceptors (Lipinski definition) is 2. The van der Waals surface area contributed by atoms with E-state index in [4.69, 9.17) is 17.3 Å². The lowest BCUT2D eigenvalue weighted by Crippen LogP contribution is -1.95. The molecular weight excluding hydrogens is 269 g/mol. The molecule has 0 unspecified atom stereocenters. The lowest BCUT2D eigenvalue weighted by Gasteiger charge is -2.06. The van der Waals surface area contributed by atoms with E-state index in [1.807, 2.05) is 24.3 Å². The molecule has 0 aliphatic carbocycles. The molecule has 94 valence electrons. The number of hydrogen-bond donors (Lipinski definition) is 1. The number of benzene rings is 2. The quantitative estimate of drug-likeness (QED) is 0.849. The number of halogens is 2. The minimum Gasteiger partial charge on any atom is -0.326 e. The van der Waals surface area contributed by atoms with Gasteiger partial charge in [-0.25, -0.2) is 4.39 Å². The summed E-state index contributed by atoms with van der Waals surface area (Å²) in [6.07, 6.45) is 0. The Kier molecular flexibility index (Phi) is 4.64. The van der Waals surface area contributed by atoms with E-state index in [0.717, 1.165) is 10.5 Å². The van der Waals surface area contributed by atoms with E-state index < -0.39 is 0 Å². The third kappa shape index (κ3) is 3.25. The molecule has 0 saturated heterocycles. The average molecular weight is 282 g/mol. The predicted octanol–water partition coefficient (Wildman–Crippen LogP) is 4.23. The van der Waals surface area contributed by atoms with Gasteiger partial charge in [0.2, 0.25) is 0 Å². The van der Waals surface area contributed by atoms with Crippen LogP contribution < -0.4 is 5.73 Å². The maximum atomic E-state index is 13.7. The van der Waals surface area contributed by atoms with Crippen molar-refractivity contribution in [2.45, 2.75) is 17.2 Å². The summed E-state index contributed by atoms with van der Waals surface area (Å²) in [7, 11) is 0. The molecule has 0 aromatic heterocycles. The molecular formula is C14H13ClFNS. The fourth-order valence-corrected chi connectivity index (χ4v) is 2.73. The van der Waals surface area contributed by atoms with E-state index in [1.165, 1.54) is 0 Å². The molecule has 0 aliphatic rings. The Morgan fingerprint density at radius 2 is 1.94 bits per heavy atom. The minimum absolute atomic E-state index is 0.170. The van der Waals surface area contributed by atoms with Crippen LogP contribution in [-0.2, 0) is 12.3 Å². The molecule has 1 nitrogen and oxygen atoms in total. The third-order valence-electron chi connectivity index (χ3n) is 2.56. The molecule has 0 aliphatic heterocycles. The van der Waals surface area contributed by atoms with Gasteiger partial charge >= 0.3 is 0 Å². The Bertz CT molecular complexity index is 545. The molecule has 0 bridgehead atoms. The Balaban J connectivity index is 2.09. The van der Waals surface area contributed by atoms with Gasteiger partial charge in [-0.1, -0.05) is 35.9 Å². The van der Waals surface area contributed by atoms with Crippen LogP contribution in [0.15, 0.2) is 47.4 Å². The zero-order valence-corrected chi connectivity index (χ0v) is 11.3. The van der Waals surface area contributed by atoms with Gasteiger partial charge in [-0.3, -0.25) is 0 Å². The Morgan fingerprint density at radius 3 is 2.72 bits per heavy atom. The molecule has 2 rings (SSSR count). The second-order valence-corrected chi connectivity index (χ2v) is 5.31. The van der Waals surface area contributed by atoms with E-state index in [-0.39, 0.29) is 10.8 Å². The predicted molar refractivity (Wildman–Crippen MR) is 75.3 cm³/mol. The summed E-state index contributed by atoms with van der Waals surface area (Å²) in [5, 5.41) is 0.170. The molecule has 0 radical (unpaired) electrons. The summed E-state index contributed by atoms with van der Waals surface area (Å²) in [6.45, 7) is 0.514.